The molecule has 0 amide bonds. The van der Waals surface area contributed by atoms with Gasteiger partial charge in [0.05, 0.1) is 0 Å². The molecule has 2 aliphatic rings. The number of nitrogens with one attached hydrogen (secondary N) is 1. The van der Waals surface area contributed by atoms with E-state index in [9.17, 15) is 0 Å². The van der Waals surface area contributed by atoms with E-state index >= 15 is 0 Å². The lowest BCUT2D eigenvalue weighted by atomic mass is 10.2. The smallest absolute Gasteiger partial charge is 0.141 e. The normalized spacial score (nSPS) is 21.0. The number of nitrogens with two attached hydrogens (primary N) is 1. The predicted octanol–water partition coefficient (Wildman–Crippen LogP) is 0.893. The monoisotopic (exact) mass is 273 g/mol. The van der Waals surface area contributed by atoms with Crippen LogP contribution in [0.4, 0.5) is 0 Å². The van der Waals surface area contributed by atoms with Gasteiger partial charge < -0.3 is 10.6 Å². The number of aromatic nitrogens is 1. The minimum absolute atomic E-state index is 0.0427. The molecule has 0 bridgehead atoms. The van der Waals surface area contributed by atoms with Crippen molar-refractivity contribution in [3.63, 3.8) is 0 Å². The number of pyridine rings is 1. The van der Waals surface area contributed by atoms with Crippen LogP contribution in [0.2, 0.25) is 0 Å². The second kappa shape index (κ2) is 5.89. The number of amidine groups is 1. The van der Waals surface area contributed by atoms with Crippen molar-refractivity contribution in [3.05, 3.63) is 29.6 Å². The molecule has 1 aliphatic heterocycles. The van der Waals surface area contributed by atoms with Crippen LogP contribution in [-0.2, 0) is 6.54 Å². The van der Waals surface area contributed by atoms with Crippen LogP contribution in [0.5, 0.6) is 0 Å². The molecule has 2 fully saturated rings. The third kappa shape index (κ3) is 3.55. The van der Waals surface area contributed by atoms with E-state index in [4.69, 9.17) is 11.1 Å². The van der Waals surface area contributed by atoms with Gasteiger partial charge in [0, 0.05) is 45.5 Å². The van der Waals surface area contributed by atoms with Crippen molar-refractivity contribution in [1.29, 1.82) is 5.41 Å². The summed E-state index contributed by atoms with van der Waals surface area (Å²) in [5.74, 6) is 1.03. The second-order valence-electron chi connectivity index (χ2n) is 5.98. The predicted molar refractivity (Wildman–Crippen MR) is 79.7 cm³/mol. The second-order valence-corrected chi connectivity index (χ2v) is 5.98. The van der Waals surface area contributed by atoms with E-state index in [2.05, 4.69) is 14.8 Å². The van der Waals surface area contributed by atoms with Gasteiger partial charge >= 0.3 is 0 Å². The van der Waals surface area contributed by atoms with Crippen LogP contribution in [-0.4, -0.2) is 53.3 Å². The first-order chi connectivity index (χ1) is 9.70. The maximum Gasteiger partial charge on any atom is 0.141 e. The van der Waals surface area contributed by atoms with Gasteiger partial charge in [-0.1, -0.05) is 0 Å². The molecule has 1 saturated carbocycles. The van der Waals surface area contributed by atoms with E-state index in [0.717, 1.165) is 25.6 Å². The Morgan fingerprint density at radius 2 is 1.95 bits per heavy atom. The largest absolute Gasteiger partial charge is 0.382 e. The molecule has 0 unspecified atom stereocenters. The van der Waals surface area contributed by atoms with Gasteiger partial charge in [0.15, 0.2) is 0 Å². The highest BCUT2D eigenvalue weighted by molar-refractivity contribution is 5.93. The lowest BCUT2D eigenvalue weighted by molar-refractivity contribution is 0.123. The number of nitrogen functional groups attached to an aromatic ring is 1. The van der Waals surface area contributed by atoms with Crippen molar-refractivity contribution in [1.82, 2.24) is 14.8 Å². The van der Waals surface area contributed by atoms with E-state index in [0.29, 0.717) is 5.69 Å². The number of piperazine rings is 1. The zero-order chi connectivity index (χ0) is 13.9. The molecule has 0 radical (unpaired) electrons. The van der Waals surface area contributed by atoms with Crippen LogP contribution < -0.4 is 5.73 Å². The standard InChI is InChI=1S/C15H23N5/c16-15(17)14-9-13(3-4-18-14)11-20-7-5-19(6-8-20)10-12-1-2-12/h3-4,9,12H,1-2,5-8,10-11H2,(H3,16,17). The first-order valence-corrected chi connectivity index (χ1v) is 7.45. The SMILES string of the molecule is N=C(N)c1cc(CN2CCN(CC3CC3)CC2)ccn1. The minimum atomic E-state index is 0.0427. The van der Waals surface area contributed by atoms with Crippen molar-refractivity contribution in [2.24, 2.45) is 11.7 Å². The lowest BCUT2D eigenvalue weighted by Gasteiger charge is -2.34. The third-order valence-corrected chi connectivity index (χ3v) is 4.18. The van der Waals surface area contributed by atoms with Crippen molar-refractivity contribution in [2.75, 3.05) is 32.7 Å². The third-order valence-electron chi connectivity index (χ3n) is 4.18. The molecule has 1 saturated heterocycles. The van der Waals surface area contributed by atoms with Crippen LogP contribution in [0.15, 0.2) is 18.3 Å². The Morgan fingerprint density at radius 1 is 1.25 bits per heavy atom. The van der Waals surface area contributed by atoms with Gasteiger partial charge in [-0.2, -0.15) is 0 Å². The molecule has 1 aromatic rings. The highest BCUT2D eigenvalue weighted by Crippen LogP contribution is 2.29. The summed E-state index contributed by atoms with van der Waals surface area (Å²) in [4.78, 5) is 9.18. The molecule has 0 aromatic carbocycles. The zero-order valence-corrected chi connectivity index (χ0v) is 11.9. The fourth-order valence-electron chi connectivity index (χ4n) is 2.77. The van der Waals surface area contributed by atoms with Gasteiger partial charge in [-0.3, -0.25) is 15.3 Å². The summed E-state index contributed by atoms with van der Waals surface area (Å²) < 4.78 is 0. The Hall–Kier alpha value is -1.46. The average molecular weight is 273 g/mol. The van der Waals surface area contributed by atoms with E-state index in [-0.39, 0.29) is 5.84 Å². The maximum absolute atomic E-state index is 7.44. The fraction of sp³-hybridized carbons (Fsp3) is 0.600. The topological polar surface area (TPSA) is 69.2 Å². The summed E-state index contributed by atoms with van der Waals surface area (Å²) in [7, 11) is 0. The first-order valence-electron chi connectivity index (χ1n) is 7.45. The van der Waals surface area contributed by atoms with Gasteiger partial charge in [-0.05, 0) is 36.5 Å². The first kappa shape index (κ1) is 13.5. The molecule has 2 heterocycles. The molecule has 108 valence electrons. The van der Waals surface area contributed by atoms with Crippen LogP contribution >= 0.6 is 0 Å². The highest BCUT2D eigenvalue weighted by Gasteiger charge is 2.26. The summed E-state index contributed by atoms with van der Waals surface area (Å²) in [6.45, 7) is 6.86. The number of hydrogen-bond acceptors (Lipinski definition) is 4. The zero-order valence-electron chi connectivity index (χ0n) is 11.9. The van der Waals surface area contributed by atoms with Gasteiger partial charge in [0.1, 0.15) is 11.5 Å². The highest BCUT2D eigenvalue weighted by atomic mass is 15.3. The van der Waals surface area contributed by atoms with Crippen LogP contribution in [0, 0.1) is 11.3 Å². The lowest BCUT2D eigenvalue weighted by Crippen LogP contribution is -2.46. The number of nitrogens with zero attached hydrogens (tertiary/aromatic N) is 3. The fourth-order valence-corrected chi connectivity index (χ4v) is 2.77. The van der Waals surface area contributed by atoms with Crippen molar-refractivity contribution >= 4 is 5.84 Å². The molecular weight excluding hydrogens is 250 g/mol. The average Bonchev–Trinajstić information content (AvgIpc) is 3.25. The molecule has 3 N–H and O–H groups in total. The molecule has 1 aliphatic carbocycles. The van der Waals surface area contributed by atoms with E-state index in [1.807, 2.05) is 12.1 Å². The molecule has 0 spiro atoms. The molecule has 3 rings (SSSR count). The molecule has 5 heteroatoms. The van der Waals surface area contributed by atoms with Crippen molar-refractivity contribution < 1.29 is 0 Å². The number of rotatable bonds is 5. The van der Waals surface area contributed by atoms with Gasteiger partial charge in [0.2, 0.25) is 0 Å². The van der Waals surface area contributed by atoms with Crippen LogP contribution in [0.3, 0.4) is 0 Å². The molecule has 0 atom stereocenters. The van der Waals surface area contributed by atoms with Gasteiger partial charge in [-0.25, -0.2) is 0 Å². The van der Waals surface area contributed by atoms with Crippen LogP contribution in [0.1, 0.15) is 24.1 Å². The van der Waals surface area contributed by atoms with Crippen molar-refractivity contribution in [2.45, 2.75) is 19.4 Å². The quantitative estimate of drug-likeness (QED) is 0.617. The Bertz CT molecular complexity index is 475. The summed E-state index contributed by atoms with van der Waals surface area (Å²) in [6.07, 6.45) is 4.62. The Labute approximate surface area is 120 Å². The van der Waals surface area contributed by atoms with E-state index in [1.165, 1.54) is 38.0 Å². The summed E-state index contributed by atoms with van der Waals surface area (Å²) in [5.41, 5.74) is 7.26. The molecule has 5 nitrogen and oxygen atoms in total. The Kier molecular flexibility index (Phi) is 3.98. The summed E-state index contributed by atoms with van der Waals surface area (Å²) >= 11 is 0. The molecule has 20 heavy (non-hydrogen) atoms. The Balaban J connectivity index is 1.51. The van der Waals surface area contributed by atoms with Crippen molar-refractivity contribution in [3.8, 4) is 0 Å². The van der Waals surface area contributed by atoms with E-state index in [1.54, 1.807) is 6.20 Å². The van der Waals surface area contributed by atoms with Gasteiger partial charge in [-0.15, -0.1) is 0 Å². The summed E-state index contributed by atoms with van der Waals surface area (Å²) in [5, 5.41) is 7.44. The Morgan fingerprint density at radius 3 is 2.60 bits per heavy atom. The number of hydrogen-bond donors (Lipinski definition) is 2. The summed E-state index contributed by atoms with van der Waals surface area (Å²) in [6, 6.07) is 3.95. The molecule has 1 aromatic heterocycles. The minimum Gasteiger partial charge on any atom is -0.382 e. The van der Waals surface area contributed by atoms with Gasteiger partial charge in [0.25, 0.3) is 0 Å². The molecular formula is C15H23N5. The van der Waals surface area contributed by atoms with Crippen LogP contribution in [0.25, 0.3) is 0 Å². The maximum atomic E-state index is 7.44. The van der Waals surface area contributed by atoms with E-state index < -0.39 is 0 Å².